The van der Waals surface area contributed by atoms with E-state index in [1.807, 2.05) is 74.5 Å². The first-order valence-electron chi connectivity index (χ1n) is 8.75. The maximum atomic E-state index is 13.1. The molecule has 0 bridgehead atoms. The van der Waals surface area contributed by atoms with Crippen molar-refractivity contribution in [1.82, 2.24) is 10.2 Å². The number of nitrogens with zero attached hydrogens (tertiary/aromatic N) is 1. The molecule has 1 heterocycles. The first kappa shape index (κ1) is 17.2. The van der Waals surface area contributed by atoms with Gasteiger partial charge in [0.05, 0.1) is 0 Å². The maximum absolute atomic E-state index is 13.1. The largest absolute Gasteiger partial charge is 0.342 e. The van der Waals surface area contributed by atoms with Gasteiger partial charge < -0.3 is 10.2 Å². The van der Waals surface area contributed by atoms with Crippen LogP contribution >= 0.6 is 0 Å². The van der Waals surface area contributed by atoms with Gasteiger partial charge in [-0.15, -0.1) is 0 Å². The SMILES string of the molecule is CC(C)C1C(=O)NC(Cc2ccccc2)C(=O)N1Cc1ccccc1. The van der Waals surface area contributed by atoms with Gasteiger partial charge in [0, 0.05) is 13.0 Å². The van der Waals surface area contributed by atoms with Crippen LogP contribution in [0.5, 0.6) is 0 Å². The van der Waals surface area contributed by atoms with Crippen molar-refractivity contribution in [1.29, 1.82) is 0 Å². The Hall–Kier alpha value is -2.62. The summed E-state index contributed by atoms with van der Waals surface area (Å²) in [5.41, 5.74) is 2.08. The van der Waals surface area contributed by atoms with Crippen LogP contribution in [-0.2, 0) is 22.6 Å². The Kier molecular flexibility index (Phi) is 5.17. The topological polar surface area (TPSA) is 49.4 Å². The number of rotatable bonds is 5. The number of nitrogens with one attached hydrogen (secondary N) is 1. The number of carbonyl (C=O) groups excluding carboxylic acids is 2. The summed E-state index contributed by atoms with van der Waals surface area (Å²) in [6.45, 7) is 4.42. The summed E-state index contributed by atoms with van der Waals surface area (Å²) in [5.74, 6) is -0.0113. The van der Waals surface area contributed by atoms with E-state index in [4.69, 9.17) is 0 Å². The van der Waals surface area contributed by atoms with E-state index >= 15 is 0 Å². The first-order chi connectivity index (χ1) is 12.1. The van der Waals surface area contributed by atoms with E-state index in [9.17, 15) is 9.59 Å². The molecule has 0 aliphatic carbocycles. The van der Waals surface area contributed by atoms with Crippen molar-refractivity contribution in [3.63, 3.8) is 0 Å². The minimum atomic E-state index is -0.506. The monoisotopic (exact) mass is 336 g/mol. The van der Waals surface area contributed by atoms with Crippen molar-refractivity contribution in [3.05, 3.63) is 71.8 Å². The highest BCUT2D eigenvalue weighted by molar-refractivity contribution is 5.97. The fraction of sp³-hybridized carbons (Fsp3) is 0.333. The number of benzene rings is 2. The first-order valence-corrected chi connectivity index (χ1v) is 8.75. The van der Waals surface area contributed by atoms with Crippen molar-refractivity contribution in [2.45, 2.75) is 38.9 Å². The smallest absolute Gasteiger partial charge is 0.246 e. The zero-order chi connectivity index (χ0) is 17.8. The summed E-state index contributed by atoms with van der Waals surface area (Å²) in [6.07, 6.45) is 0.515. The standard InChI is InChI=1S/C21H24N2O2/c1-15(2)19-20(24)22-18(13-16-9-5-3-6-10-16)21(25)23(19)14-17-11-7-4-8-12-17/h3-12,15,18-19H,13-14H2,1-2H3,(H,22,24). The van der Waals surface area contributed by atoms with Crippen molar-refractivity contribution in [2.24, 2.45) is 5.92 Å². The Balaban J connectivity index is 1.84. The van der Waals surface area contributed by atoms with Gasteiger partial charge in [-0.05, 0) is 17.0 Å². The molecule has 25 heavy (non-hydrogen) atoms. The van der Waals surface area contributed by atoms with Gasteiger partial charge in [-0.2, -0.15) is 0 Å². The highest BCUT2D eigenvalue weighted by Crippen LogP contribution is 2.22. The van der Waals surface area contributed by atoms with Crippen molar-refractivity contribution in [2.75, 3.05) is 0 Å². The Bertz CT molecular complexity index is 728. The van der Waals surface area contributed by atoms with Crippen LogP contribution in [0.15, 0.2) is 60.7 Å². The Morgan fingerprint density at radius 3 is 2.04 bits per heavy atom. The van der Waals surface area contributed by atoms with Crippen LogP contribution in [0.25, 0.3) is 0 Å². The van der Waals surface area contributed by atoms with Gasteiger partial charge in [0.2, 0.25) is 11.8 Å². The second-order valence-corrected chi connectivity index (χ2v) is 6.89. The fourth-order valence-electron chi connectivity index (χ4n) is 3.40. The van der Waals surface area contributed by atoms with Crippen molar-refractivity contribution in [3.8, 4) is 0 Å². The lowest BCUT2D eigenvalue weighted by Gasteiger charge is -2.41. The third-order valence-corrected chi connectivity index (χ3v) is 4.61. The molecule has 2 aromatic carbocycles. The van der Waals surface area contributed by atoms with Gasteiger partial charge in [0.1, 0.15) is 12.1 Å². The summed E-state index contributed by atoms with van der Waals surface area (Å²) in [4.78, 5) is 27.5. The molecule has 4 heteroatoms. The molecule has 0 spiro atoms. The van der Waals surface area contributed by atoms with Crippen LogP contribution in [0.4, 0.5) is 0 Å². The number of piperazine rings is 1. The Morgan fingerprint density at radius 1 is 0.920 bits per heavy atom. The molecule has 1 aliphatic heterocycles. The minimum absolute atomic E-state index is 0.00833. The number of hydrogen-bond acceptors (Lipinski definition) is 2. The second kappa shape index (κ2) is 7.51. The van der Waals surface area contributed by atoms with Crippen LogP contribution in [-0.4, -0.2) is 28.8 Å². The molecule has 130 valence electrons. The zero-order valence-corrected chi connectivity index (χ0v) is 14.7. The molecule has 0 saturated carbocycles. The highest BCUT2D eigenvalue weighted by Gasteiger charge is 2.41. The molecule has 2 unspecified atom stereocenters. The summed E-state index contributed by atoms with van der Waals surface area (Å²) >= 11 is 0. The molecular weight excluding hydrogens is 312 g/mol. The normalized spacial score (nSPS) is 20.7. The second-order valence-electron chi connectivity index (χ2n) is 6.89. The van der Waals surface area contributed by atoms with E-state index in [1.165, 1.54) is 0 Å². The van der Waals surface area contributed by atoms with E-state index in [1.54, 1.807) is 4.90 Å². The molecule has 0 radical (unpaired) electrons. The van der Waals surface area contributed by atoms with Gasteiger partial charge >= 0.3 is 0 Å². The highest BCUT2D eigenvalue weighted by atomic mass is 16.2. The summed E-state index contributed by atoms with van der Waals surface area (Å²) in [5, 5.41) is 2.93. The van der Waals surface area contributed by atoms with E-state index in [-0.39, 0.29) is 17.7 Å². The average Bonchev–Trinajstić information content (AvgIpc) is 2.60. The molecule has 4 nitrogen and oxygen atoms in total. The van der Waals surface area contributed by atoms with E-state index < -0.39 is 12.1 Å². The van der Waals surface area contributed by atoms with Crippen LogP contribution in [0.2, 0.25) is 0 Å². The number of hydrogen-bond donors (Lipinski definition) is 1. The Morgan fingerprint density at radius 2 is 1.48 bits per heavy atom. The summed E-state index contributed by atoms with van der Waals surface area (Å²) in [7, 11) is 0. The van der Waals surface area contributed by atoms with Gasteiger partial charge in [-0.25, -0.2) is 0 Å². The summed E-state index contributed by atoms with van der Waals surface area (Å²) in [6, 6.07) is 18.7. The lowest BCUT2D eigenvalue weighted by Crippen LogP contribution is -2.64. The van der Waals surface area contributed by atoms with E-state index in [0.717, 1.165) is 11.1 Å². The molecule has 1 saturated heterocycles. The predicted molar refractivity (Wildman–Crippen MR) is 97.7 cm³/mol. The fourth-order valence-corrected chi connectivity index (χ4v) is 3.40. The van der Waals surface area contributed by atoms with Crippen LogP contribution in [0.1, 0.15) is 25.0 Å². The van der Waals surface area contributed by atoms with Crippen LogP contribution in [0.3, 0.4) is 0 Å². The molecule has 0 aromatic heterocycles. The summed E-state index contributed by atoms with van der Waals surface area (Å²) < 4.78 is 0. The molecule has 1 aliphatic rings. The molecule has 1 fully saturated rings. The molecule has 3 rings (SSSR count). The number of amides is 2. The lowest BCUT2D eigenvalue weighted by molar-refractivity contribution is -0.151. The van der Waals surface area contributed by atoms with E-state index in [2.05, 4.69) is 5.32 Å². The van der Waals surface area contributed by atoms with Crippen LogP contribution in [0, 0.1) is 5.92 Å². The average molecular weight is 336 g/mol. The third-order valence-electron chi connectivity index (χ3n) is 4.61. The zero-order valence-electron chi connectivity index (χ0n) is 14.7. The third kappa shape index (κ3) is 3.90. The molecule has 1 N–H and O–H groups in total. The minimum Gasteiger partial charge on any atom is -0.342 e. The maximum Gasteiger partial charge on any atom is 0.246 e. The van der Waals surface area contributed by atoms with Crippen molar-refractivity contribution >= 4 is 11.8 Å². The predicted octanol–water partition coefficient (Wildman–Crippen LogP) is 2.78. The molecule has 2 amide bonds. The van der Waals surface area contributed by atoms with Gasteiger partial charge in [-0.1, -0.05) is 74.5 Å². The number of carbonyl (C=O) groups is 2. The van der Waals surface area contributed by atoms with Gasteiger partial charge in [0.15, 0.2) is 0 Å². The molecule has 2 aromatic rings. The quantitative estimate of drug-likeness (QED) is 0.913. The molecule has 2 atom stereocenters. The molecular formula is C21H24N2O2. The Labute approximate surface area is 148 Å². The van der Waals surface area contributed by atoms with Gasteiger partial charge in [-0.3, -0.25) is 9.59 Å². The van der Waals surface area contributed by atoms with Crippen molar-refractivity contribution < 1.29 is 9.59 Å². The van der Waals surface area contributed by atoms with E-state index in [0.29, 0.717) is 13.0 Å². The lowest BCUT2D eigenvalue weighted by atomic mass is 9.94. The van der Waals surface area contributed by atoms with Crippen LogP contribution < -0.4 is 5.32 Å². The van der Waals surface area contributed by atoms with Gasteiger partial charge in [0.25, 0.3) is 0 Å².